The van der Waals surface area contributed by atoms with Gasteiger partial charge in [0.05, 0.1) is 10.5 Å². The van der Waals surface area contributed by atoms with Crippen molar-refractivity contribution < 1.29 is 10.1 Å². The van der Waals surface area contributed by atoms with Crippen molar-refractivity contribution in [2.75, 3.05) is 0 Å². The van der Waals surface area contributed by atoms with Crippen molar-refractivity contribution in [3.63, 3.8) is 0 Å². The molecule has 0 bridgehead atoms. The molecule has 0 spiro atoms. The Morgan fingerprint density at radius 3 is 2.88 bits per heavy atom. The molecule has 1 aromatic heterocycles. The number of aryl methyl sites for hydroxylation is 2. The van der Waals surface area contributed by atoms with Crippen LogP contribution in [0.15, 0.2) is 6.07 Å². The van der Waals surface area contributed by atoms with Gasteiger partial charge in [0.1, 0.15) is 11.0 Å². The third-order valence-corrected chi connectivity index (χ3v) is 2.59. The van der Waals surface area contributed by atoms with Crippen molar-refractivity contribution in [3.8, 4) is 0 Å². The van der Waals surface area contributed by atoms with Crippen molar-refractivity contribution in [2.45, 2.75) is 20.3 Å². The molecule has 0 saturated heterocycles. The van der Waals surface area contributed by atoms with E-state index in [1.165, 1.54) is 6.07 Å². The lowest BCUT2D eigenvalue weighted by molar-refractivity contribution is -0.385. The molecule has 1 heterocycles. The molecule has 0 radical (unpaired) electrons. The van der Waals surface area contributed by atoms with E-state index < -0.39 is 4.92 Å². The number of hydrogen-bond donors (Lipinski definition) is 1. The van der Waals surface area contributed by atoms with Gasteiger partial charge in [-0.25, -0.2) is 0 Å². The normalized spacial score (nSPS) is 10.9. The topological polar surface area (TPSA) is 94.1 Å². The molecule has 0 aliphatic heterocycles. The third kappa shape index (κ3) is 1.28. The van der Waals surface area contributed by atoms with Gasteiger partial charge < -0.3 is 5.21 Å². The molecule has 7 nitrogen and oxygen atoms in total. The average Bonchev–Trinajstić information content (AvgIpc) is 2.62. The SMILES string of the molecule is CCc1cc([N+](=O)[O-])c(C)c2c1nnn2O. The summed E-state index contributed by atoms with van der Waals surface area (Å²) in [5.74, 6) is 0. The van der Waals surface area contributed by atoms with E-state index in [0.29, 0.717) is 33.4 Å². The summed E-state index contributed by atoms with van der Waals surface area (Å²) in [6.45, 7) is 3.43. The van der Waals surface area contributed by atoms with Crippen molar-refractivity contribution in [1.82, 2.24) is 15.2 Å². The Hall–Kier alpha value is -2.18. The molecule has 0 aliphatic carbocycles. The summed E-state index contributed by atoms with van der Waals surface area (Å²) in [6.07, 6.45) is 0.594. The Morgan fingerprint density at radius 2 is 2.31 bits per heavy atom. The van der Waals surface area contributed by atoms with E-state index in [9.17, 15) is 15.3 Å². The van der Waals surface area contributed by atoms with E-state index in [0.717, 1.165) is 0 Å². The molecule has 1 aromatic carbocycles. The van der Waals surface area contributed by atoms with Crippen LogP contribution in [0.5, 0.6) is 0 Å². The van der Waals surface area contributed by atoms with Crippen LogP contribution in [0, 0.1) is 17.0 Å². The first kappa shape index (κ1) is 10.3. The van der Waals surface area contributed by atoms with Gasteiger partial charge in [-0.15, -0.1) is 5.10 Å². The molecular formula is C9H10N4O3. The summed E-state index contributed by atoms with van der Waals surface area (Å²) in [5.41, 5.74) is 1.85. The molecule has 1 N–H and O–H groups in total. The predicted molar refractivity (Wildman–Crippen MR) is 55.5 cm³/mol. The third-order valence-electron chi connectivity index (χ3n) is 2.59. The van der Waals surface area contributed by atoms with Gasteiger partial charge in [0.2, 0.25) is 0 Å². The minimum Gasteiger partial charge on any atom is -0.410 e. The summed E-state index contributed by atoms with van der Waals surface area (Å²) in [4.78, 5) is 10.9. The highest BCUT2D eigenvalue weighted by atomic mass is 16.6. The number of fused-ring (bicyclic) bond motifs is 1. The van der Waals surface area contributed by atoms with E-state index in [2.05, 4.69) is 10.3 Å². The summed E-state index contributed by atoms with van der Waals surface area (Å²) in [7, 11) is 0. The first-order chi connectivity index (χ1) is 7.56. The van der Waals surface area contributed by atoms with Crippen LogP contribution >= 0.6 is 0 Å². The Morgan fingerprint density at radius 1 is 1.62 bits per heavy atom. The molecule has 7 heteroatoms. The minimum atomic E-state index is -0.471. The van der Waals surface area contributed by atoms with Gasteiger partial charge in [-0.2, -0.15) is 0 Å². The van der Waals surface area contributed by atoms with Crippen LogP contribution in [-0.2, 0) is 6.42 Å². The molecular weight excluding hydrogens is 212 g/mol. The first-order valence-corrected chi connectivity index (χ1v) is 4.77. The standard InChI is InChI=1S/C9H10N4O3/c1-3-6-4-7(13(15)16)5(2)9-8(6)10-11-12(9)14/h4,14H,3H2,1-2H3. The van der Waals surface area contributed by atoms with E-state index in [1.54, 1.807) is 6.92 Å². The van der Waals surface area contributed by atoms with E-state index in [4.69, 9.17) is 0 Å². The highest BCUT2D eigenvalue weighted by Gasteiger charge is 2.20. The van der Waals surface area contributed by atoms with Crippen molar-refractivity contribution in [2.24, 2.45) is 0 Å². The maximum absolute atomic E-state index is 10.8. The van der Waals surface area contributed by atoms with Gasteiger partial charge in [-0.3, -0.25) is 10.1 Å². The summed E-state index contributed by atoms with van der Waals surface area (Å²) in [6, 6.07) is 1.48. The fraction of sp³-hybridized carbons (Fsp3) is 0.333. The largest absolute Gasteiger partial charge is 0.410 e. The Labute approximate surface area is 90.4 Å². The van der Waals surface area contributed by atoms with Gasteiger partial charge in [0, 0.05) is 6.07 Å². The van der Waals surface area contributed by atoms with Gasteiger partial charge in [-0.1, -0.05) is 11.8 Å². The monoisotopic (exact) mass is 222 g/mol. The molecule has 0 amide bonds. The zero-order valence-corrected chi connectivity index (χ0v) is 8.84. The smallest absolute Gasteiger partial charge is 0.275 e. The molecule has 84 valence electrons. The summed E-state index contributed by atoms with van der Waals surface area (Å²) in [5, 5.41) is 27.5. The van der Waals surface area contributed by atoms with Crippen LogP contribution < -0.4 is 0 Å². The highest BCUT2D eigenvalue weighted by molar-refractivity contribution is 5.84. The summed E-state index contributed by atoms with van der Waals surface area (Å²) >= 11 is 0. The maximum atomic E-state index is 10.8. The maximum Gasteiger partial charge on any atom is 0.275 e. The van der Waals surface area contributed by atoms with Gasteiger partial charge in [0.25, 0.3) is 5.69 Å². The lowest BCUT2D eigenvalue weighted by Gasteiger charge is -2.02. The second-order valence-electron chi connectivity index (χ2n) is 3.47. The average molecular weight is 222 g/mol. The number of nitro groups is 1. The molecule has 0 saturated carbocycles. The zero-order valence-electron chi connectivity index (χ0n) is 8.84. The number of aromatic nitrogens is 3. The second-order valence-corrected chi connectivity index (χ2v) is 3.47. The zero-order chi connectivity index (χ0) is 11.9. The van der Waals surface area contributed by atoms with E-state index >= 15 is 0 Å². The number of nitrogens with zero attached hydrogens (tertiary/aromatic N) is 4. The number of hydrogen-bond acceptors (Lipinski definition) is 5. The lowest BCUT2D eigenvalue weighted by atomic mass is 10.1. The molecule has 2 rings (SSSR count). The van der Waals surface area contributed by atoms with Crippen molar-refractivity contribution >= 4 is 16.7 Å². The Balaban J connectivity index is 2.91. The highest BCUT2D eigenvalue weighted by Crippen LogP contribution is 2.28. The Bertz CT molecular complexity index is 576. The lowest BCUT2D eigenvalue weighted by Crippen LogP contribution is -1.99. The number of rotatable bonds is 2. The van der Waals surface area contributed by atoms with Gasteiger partial charge >= 0.3 is 0 Å². The molecule has 0 atom stereocenters. The van der Waals surface area contributed by atoms with E-state index in [1.807, 2.05) is 6.92 Å². The molecule has 16 heavy (non-hydrogen) atoms. The quantitative estimate of drug-likeness (QED) is 0.471. The number of benzene rings is 1. The van der Waals surface area contributed by atoms with Crippen LogP contribution in [0.2, 0.25) is 0 Å². The molecule has 2 aromatic rings. The molecule has 0 aliphatic rings. The first-order valence-electron chi connectivity index (χ1n) is 4.77. The predicted octanol–water partition coefficient (Wildman–Crippen LogP) is 1.45. The van der Waals surface area contributed by atoms with Crippen LogP contribution in [-0.4, -0.2) is 25.3 Å². The molecule has 0 fully saturated rings. The van der Waals surface area contributed by atoms with Crippen LogP contribution in [0.25, 0.3) is 11.0 Å². The van der Waals surface area contributed by atoms with Gasteiger partial charge in [0.15, 0.2) is 0 Å². The molecule has 0 unspecified atom stereocenters. The van der Waals surface area contributed by atoms with Crippen LogP contribution in [0.4, 0.5) is 5.69 Å². The minimum absolute atomic E-state index is 0.0260. The second kappa shape index (κ2) is 3.44. The van der Waals surface area contributed by atoms with Gasteiger partial charge in [-0.05, 0) is 24.1 Å². The fourth-order valence-corrected chi connectivity index (χ4v) is 1.74. The summed E-state index contributed by atoms with van der Waals surface area (Å²) < 4.78 is 0. The van der Waals surface area contributed by atoms with Crippen molar-refractivity contribution in [3.05, 3.63) is 27.3 Å². The number of nitro benzene ring substituents is 1. The van der Waals surface area contributed by atoms with Crippen LogP contribution in [0.1, 0.15) is 18.1 Å². The van der Waals surface area contributed by atoms with Crippen molar-refractivity contribution in [1.29, 1.82) is 0 Å². The Kier molecular flexibility index (Phi) is 2.22. The van der Waals surface area contributed by atoms with E-state index in [-0.39, 0.29) is 5.69 Å². The fourth-order valence-electron chi connectivity index (χ4n) is 1.74. The van der Waals surface area contributed by atoms with Crippen LogP contribution in [0.3, 0.4) is 0 Å².